The molecule has 0 amide bonds. The lowest BCUT2D eigenvalue weighted by molar-refractivity contribution is 0.287. The molecule has 1 saturated heterocycles. The van der Waals surface area contributed by atoms with E-state index in [1.54, 1.807) is 12.1 Å². The first-order valence-corrected chi connectivity index (χ1v) is 10.6. The molecule has 0 spiro atoms. The van der Waals surface area contributed by atoms with Gasteiger partial charge in [0.05, 0.1) is 18.1 Å². The molecule has 7 heteroatoms. The van der Waals surface area contributed by atoms with Gasteiger partial charge < -0.3 is 15.2 Å². The van der Waals surface area contributed by atoms with Crippen LogP contribution in [0.2, 0.25) is 0 Å². The molecular weight excluding hydrogens is 364 g/mol. The second kappa shape index (κ2) is 8.29. The van der Waals surface area contributed by atoms with Gasteiger partial charge in [0.2, 0.25) is 10.0 Å². The minimum absolute atomic E-state index is 0.0185. The number of nitrogens with two attached hydrogens (primary N) is 1. The Hall–Kier alpha value is -2.09. The second-order valence-electron chi connectivity index (χ2n) is 6.48. The molecule has 1 aliphatic heterocycles. The third-order valence-corrected chi connectivity index (χ3v) is 6.54. The highest BCUT2D eigenvalue weighted by Crippen LogP contribution is 2.34. The molecule has 1 fully saturated rings. The molecule has 3 rings (SSSR count). The summed E-state index contributed by atoms with van der Waals surface area (Å²) < 4.78 is 38.9. The van der Waals surface area contributed by atoms with Gasteiger partial charge in [-0.1, -0.05) is 30.3 Å². The van der Waals surface area contributed by atoms with Gasteiger partial charge in [-0.3, -0.25) is 0 Å². The predicted molar refractivity (Wildman–Crippen MR) is 105 cm³/mol. The summed E-state index contributed by atoms with van der Waals surface area (Å²) in [4.78, 5) is 0.190. The van der Waals surface area contributed by atoms with E-state index < -0.39 is 10.0 Å². The molecule has 1 heterocycles. The zero-order chi connectivity index (χ0) is 19.4. The maximum atomic E-state index is 13.2. The summed E-state index contributed by atoms with van der Waals surface area (Å²) in [6, 6.07) is 14.3. The van der Waals surface area contributed by atoms with Crippen LogP contribution in [0.25, 0.3) is 0 Å². The lowest BCUT2D eigenvalue weighted by atomic mass is 9.95. The molecule has 2 aromatic rings. The highest BCUT2D eigenvalue weighted by molar-refractivity contribution is 7.89. The van der Waals surface area contributed by atoms with Gasteiger partial charge in [-0.25, -0.2) is 8.42 Å². The molecule has 0 bridgehead atoms. The van der Waals surface area contributed by atoms with Crippen LogP contribution in [-0.4, -0.2) is 45.1 Å². The first-order valence-electron chi connectivity index (χ1n) is 9.17. The molecule has 0 aliphatic carbocycles. The summed E-state index contributed by atoms with van der Waals surface area (Å²) in [5.41, 5.74) is 7.33. The summed E-state index contributed by atoms with van der Waals surface area (Å²) >= 11 is 0. The normalized spacial score (nSPS) is 20.6. The van der Waals surface area contributed by atoms with Crippen molar-refractivity contribution in [2.75, 3.05) is 26.3 Å². The Labute approximate surface area is 160 Å². The van der Waals surface area contributed by atoms with Crippen LogP contribution in [0.4, 0.5) is 0 Å². The van der Waals surface area contributed by atoms with Crippen molar-refractivity contribution in [1.29, 1.82) is 0 Å². The van der Waals surface area contributed by atoms with Gasteiger partial charge >= 0.3 is 0 Å². The fourth-order valence-corrected chi connectivity index (χ4v) is 4.90. The standard InChI is InChI=1S/C20H26N2O4S/c1-3-25-19-11-10-16(12-20(19)26-4-2)27(23,24)22-13-17(18(21)14-22)15-8-6-5-7-9-15/h5-12,17-18H,3-4,13-14,21H2,1-2H3/t17-,18+/m0/s1. The van der Waals surface area contributed by atoms with Crippen LogP contribution in [0.1, 0.15) is 25.3 Å². The molecule has 27 heavy (non-hydrogen) atoms. The van der Waals surface area contributed by atoms with Gasteiger partial charge in [-0.15, -0.1) is 0 Å². The van der Waals surface area contributed by atoms with Crippen LogP contribution < -0.4 is 15.2 Å². The van der Waals surface area contributed by atoms with Crippen molar-refractivity contribution in [1.82, 2.24) is 4.31 Å². The summed E-state index contributed by atoms with van der Waals surface area (Å²) in [5, 5.41) is 0. The maximum absolute atomic E-state index is 13.2. The van der Waals surface area contributed by atoms with Gasteiger partial charge in [0.25, 0.3) is 0 Å². The molecule has 0 radical (unpaired) electrons. The van der Waals surface area contributed by atoms with E-state index in [2.05, 4.69) is 0 Å². The summed E-state index contributed by atoms with van der Waals surface area (Å²) in [6.07, 6.45) is 0. The molecule has 2 atom stereocenters. The third kappa shape index (κ3) is 4.10. The van der Waals surface area contributed by atoms with Crippen LogP contribution in [0.3, 0.4) is 0 Å². The van der Waals surface area contributed by atoms with E-state index in [9.17, 15) is 8.42 Å². The number of nitrogens with zero attached hydrogens (tertiary/aromatic N) is 1. The smallest absolute Gasteiger partial charge is 0.243 e. The van der Waals surface area contributed by atoms with Gasteiger partial charge in [0.15, 0.2) is 11.5 Å². The van der Waals surface area contributed by atoms with Crippen LogP contribution in [-0.2, 0) is 10.0 Å². The number of ether oxygens (including phenoxy) is 2. The first-order chi connectivity index (χ1) is 13.0. The molecule has 0 aromatic heterocycles. The summed E-state index contributed by atoms with van der Waals surface area (Å²) in [6.45, 7) is 5.28. The largest absolute Gasteiger partial charge is 0.490 e. The molecular formula is C20H26N2O4S. The Morgan fingerprint density at radius 2 is 1.67 bits per heavy atom. The molecule has 146 valence electrons. The number of sulfonamides is 1. The molecule has 6 nitrogen and oxygen atoms in total. The minimum Gasteiger partial charge on any atom is -0.490 e. The zero-order valence-corrected chi connectivity index (χ0v) is 16.5. The van der Waals surface area contributed by atoms with Gasteiger partial charge in [0, 0.05) is 31.1 Å². The van der Waals surface area contributed by atoms with E-state index in [4.69, 9.17) is 15.2 Å². The Bertz CT molecular complexity index is 871. The first kappa shape index (κ1) is 19.7. The molecule has 0 unspecified atom stereocenters. The predicted octanol–water partition coefficient (Wildman–Crippen LogP) is 2.60. The average Bonchev–Trinajstić information content (AvgIpc) is 3.07. The van der Waals surface area contributed by atoms with Crippen LogP contribution >= 0.6 is 0 Å². The van der Waals surface area contributed by atoms with Crippen molar-refractivity contribution in [3.8, 4) is 11.5 Å². The minimum atomic E-state index is -3.67. The highest BCUT2D eigenvalue weighted by atomic mass is 32.2. The summed E-state index contributed by atoms with van der Waals surface area (Å²) in [7, 11) is -3.67. The number of hydrogen-bond acceptors (Lipinski definition) is 5. The molecule has 2 N–H and O–H groups in total. The lowest BCUT2D eigenvalue weighted by Crippen LogP contribution is -2.32. The van der Waals surface area contributed by atoms with E-state index in [0.717, 1.165) is 5.56 Å². The number of benzene rings is 2. The third-order valence-electron chi connectivity index (χ3n) is 4.71. The van der Waals surface area contributed by atoms with Gasteiger partial charge in [-0.2, -0.15) is 4.31 Å². The van der Waals surface area contributed by atoms with E-state index >= 15 is 0 Å². The zero-order valence-electron chi connectivity index (χ0n) is 15.7. The van der Waals surface area contributed by atoms with Gasteiger partial charge in [-0.05, 0) is 31.5 Å². The van der Waals surface area contributed by atoms with Crippen LogP contribution in [0.5, 0.6) is 11.5 Å². The Balaban J connectivity index is 1.87. The fraction of sp³-hybridized carbons (Fsp3) is 0.400. The van der Waals surface area contributed by atoms with Gasteiger partial charge in [0.1, 0.15) is 0 Å². The SMILES string of the molecule is CCOc1ccc(S(=O)(=O)N2C[C@@H](N)[C@H](c3ccccc3)C2)cc1OCC. The molecule has 2 aromatic carbocycles. The second-order valence-corrected chi connectivity index (χ2v) is 8.42. The highest BCUT2D eigenvalue weighted by Gasteiger charge is 2.38. The number of hydrogen-bond donors (Lipinski definition) is 1. The van der Waals surface area contributed by atoms with Crippen molar-refractivity contribution in [3.05, 3.63) is 54.1 Å². The van der Waals surface area contributed by atoms with Crippen LogP contribution in [0.15, 0.2) is 53.4 Å². The van der Waals surface area contributed by atoms with E-state index in [0.29, 0.717) is 37.8 Å². The van der Waals surface area contributed by atoms with Crippen molar-refractivity contribution < 1.29 is 17.9 Å². The maximum Gasteiger partial charge on any atom is 0.243 e. The van der Waals surface area contributed by atoms with E-state index in [1.807, 2.05) is 44.2 Å². The van der Waals surface area contributed by atoms with Crippen molar-refractivity contribution in [2.45, 2.75) is 30.7 Å². The number of rotatable bonds is 7. The molecule has 1 aliphatic rings. The average molecular weight is 391 g/mol. The van der Waals surface area contributed by atoms with Crippen molar-refractivity contribution in [2.24, 2.45) is 5.73 Å². The van der Waals surface area contributed by atoms with Crippen molar-refractivity contribution >= 4 is 10.0 Å². The quantitative estimate of drug-likeness (QED) is 0.786. The Kier molecular flexibility index (Phi) is 6.04. The Morgan fingerprint density at radius 1 is 1.00 bits per heavy atom. The lowest BCUT2D eigenvalue weighted by Gasteiger charge is -2.18. The molecule has 0 saturated carbocycles. The van der Waals surface area contributed by atoms with E-state index in [-0.39, 0.29) is 16.9 Å². The fourth-order valence-electron chi connectivity index (χ4n) is 3.38. The summed E-state index contributed by atoms with van der Waals surface area (Å²) in [5.74, 6) is 0.956. The topological polar surface area (TPSA) is 81.9 Å². The van der Waals surface area contributed by atoms with Crippen molar-refractivity contribution in [3.63, 3.8) is 0 Å². The Morgan fingerprint density at radius 3 is 2.33 bits per heavy atom. The monoisotopic (exact) mass is 390 g/mol. The van der Waals surface area contributed by atoms with E-state index in [1.165, 1.54) is 10.4 Å². The van der Waals surface area contributed by atoms with Crippen LogP contribution in [0, 0.1) is 0 Å².